The molecule has 1 N–H and O–H groups in total. The van der Waals surface area contributed by atoms with Crippen molar-refractivity contribution in [3.05, 3.63) is 89.6 Å². The topological polar surface area (TPSA) is 66.1 Å². The molecule has 0 spiro atoms. The fraction of sp³-hybridized carbons (Fsp3) is 0.115. The second kappa shape index (κ2) is 7.92. The van der Waals surface area contributed by atoms with Crippen LogP contribution in [0.25, 0.3) is 22.0 Å². The fourth-order valence-electron chi connectivity index (χ4n) is 3.82. The van der Waals surface area contributed by atoms with Gasteiger partial charge in [0.25, 0.3) is 5.91 Å². The smallest absolute Gasteiger partial charge is 0.254 e. The number of carbonyl (C=O) groups excluding carboxylic acids is 2. The van der Waals surface area contributed by atoms with E-state index >= 15 is 0 Å². The number of Topliss-reactive ketones (excluding diaryl/α,β-unsaturated/α-hetero) is 1. The molecule has 3 aromatic carbocycles. The number of nitrogens with one attached hydrogen (secondary N) is 1. The molecule has 1 aliphatic heterocycles. The van der Waals surface area contributed by atoms with Crippen molar-refractivity contribution in [2.45, 2.75) is 6.42 Å². The number of fused-ring (bicyclic) bond motifs is 1. The number of aromatic amines is 1. The molecular weight excluding hydrogens is 386 g/mol. The summed E-state index contributed by atoms with van der Waals surface area (Å²) < 4.78 is 0. The van der Waals surface area contributed by atoms with E-state index in [2.05, 4.69) is 40.2 Å². The zero-order valence-electron chi connectivity index (χ0n) is 16.8. The number of carbonyl (C=O) groups is 2. The third-order valence-corrected chi connectivity index (χ3v) is 5.45. The van der Waals surface area contributed by atoms with E-state index in [1.165, 1.54) is 0 Å². The highest BCUT2D eigenvalue weighted by Crippen LogP contribution is 2.23. The molecule has 0 radical (unpaired) electrons. The predicted octanol–water partition coefficient (Wildman–Crippen LogP) is 4.04. The van der Waals surface area contributed by atoms with Crippen LogP contribution in [0.2, 0.25) is 0 Å². The second-order valence-corrected chi connectivity index (χ2v) is 7.51. The summed E-state index contributed by atoms with van der Waals surface area (Å²) in [6.45, 7) is 0.662. The Morgan fingerprint density at radius 3 is 2.58 bits per heavy atom. The van der Waals surface area contributed by atoms with Crippen LogP contribution in [0.15, 0.2) is 72.8 Å². The molecule has 5 rings (SSSR count). The van der Waals surface area contributed by atoms with Crippen LogP contribution in [-0.2, 0) is 4.79 Å². The van der Waals surface area contributed by atoms with Crippen LogP contribution in [0, 0.1) is 11.8 Å². The van der Waals surface area contributed by atoms with Gasteiger partial charge in [0, 0.05) is 29.5 Å². The van der Waals surface area contributed by atoms with Crippen LogP contribution < -0.4 is 0 Å². The second-order valence-electron chi connectivity index (χ2n) is 7.51. The van der Waals surface area contributed by atoms with Crippen molar-refractivity contribution in [1.82, 2.24) is 15.1 Å². The van der Waals surface area contributed by atoms with Crippen LogP contribution in [-0.4, -0.2) is 39.9 Å². The monoisotopic (exact) mass is 405 g/mol. The lowest BCUT2D eigenvalue weighted by Gasteiger charge is -2.14. The quantitative estimate of drug-likeness (QED) is 0.512. The van der Waals surface area contributed by atoms with E-state index in [1.54, 1.807) is 17.0 Å². The number of amides is 1. The molecule has 150 valence electrons. The lowest BCUT2D eigenvalue weighted by atomic mass is 10.00. The van der Waals surface area contributed by atoms with Gasteiger partial charge in [-0.25, -0.2) is 0 Å². The first kappa shape index (κ1) is 18.8. The van der Waals surface area contributed by atoms with E-state index in [0.717, 1.165) is 27.6 Å². The van der Waals surface area contributed by atoms with Crippen LogP contribution in [0.1, 0.15) is 28.0 Å². The summed E-state index contributed by atoms with van der Waals surface area (Å²) in [5.41, 5.74) is 5.01. The first-order valence-corrected chi connectivity index (χ1v) is 10.1. The highest BCUT2D eigenvalue weighted by Gasteiger charge is 2.25. The minimum atomic E-state index is -0.137. The van der Waals surface area contributed by atoms with Crippen LogP contribution in [0.4, 0.5) is 0 Å². The third kappa shape index (κ3) is 3.72. The molecule has 1 aromatic heterocycles. The van der Waals surface area contributed by atoms with Gasteiger partial charge in [-0.05, 0) is 41.3 Å². The summed E-state index contributed by atoms with van der Waals surface area (Å²) in [6, 6.07) is 23.5. The van der Waals surface area contributed by atoms with Gasteiger partial charge in [0.2, 0.25) is 0 Å². The molecule has 0 aliphatic carbocycles. The van der Waals surface area contributed by atoms with Crippen molar-refractivity contribution in [3.63, 3.8) is 0 Å². The number of hydrogen-bond donors (Lipinski definition) is 1. The van der Waals surface area contributed by atoms with Gasteiger partial charge in [-0.1, -0.05) is 54.5 Å². The molecule has 0 bridgehead atoms. The Balaban J connectivity index is 1.50. The normalized spacial score (nSPS) is 13.3. The van der Waals surface area contributed by atoms with Crippen LogP contribution >= 0.6 is 0 Å². The van der Waals surface area contributed by atoms with E-state index in [9.17, 15) is 9.59 Å². The fourth-order valence-corrected chi connectivity index (χ4v) is 3.82. The van der Waals surface area contributed by atoms with Gasteiger partial charge in [0.05, 0.1) is 12.1 Å². The molecule has 0 saturated carbocycles. The average molecular weight is 405 g/mol. The van der Waals surface area contributed by atoms with Gasteiger partial charge >= 0.3 is 0 Å². The number of rotatable bonds is 2. The van der Waals surface area contributed by atoms with E-state index < -0.39 is 0 Å². The lowest BCUT2D eigenvalue weighted by Crippen LogP contribution is -2.28. The van der Waals surface area contributed by atoms with Gasteiger partial charge in [0.1, 0.15) is 5.69 Å². The molecule has 1 fully saturated rings. The number of benzene rings is 3. The number of ketones is 1. The number of likely N-dealkylation sites (tertiary alicyclic amines) is 1. The van der Waals surface area contributed by atoms with Crippen molar-refractivity contribution in [2.24, 2.45) is 0 Å². The molecule has 0 atom stereocenters. The van der Waals surface area contributed by atoms with Crippen LogP contribution in [0.3, 0.4) is 0 Å². The maximum absolute atomic E-state index is 12.8. The minimum absolute atomic E-state index is 0.0985. The Labute approximate surface area is 179 Å². The highest BCUT2D eigenvalue weighted by molar-refractivity contribution is 6.01. The van der Waals surface area contributed by atoms with Gasteiger partial charge < -0.3 is 4.90 Å². The van der Waals surface area contributed by atoms with Crippen molar-refractivity contribution in [1.29, 1.82) is 0 Å². The predicted molar refractivity (Wildman–Crippen MR) is 119 cm³/mol. The lowest BCUT2D eigenvalue weighted by molar-refractivity contribution is -0.116. The first-order chi connectivity index (χ1) is 15.2. The van der Waals surface area contributed by atoms with Gasteiger partial charge in [-0.15, -0.1) is 0 Å². The Hall–Kier alpha value is -4.17. The van der Waals surface area contributed by atoms with Gasteiger partial charge in [0.15, 0.2) is 5.78 Å². The average Bonchev–Trinajstić information content (AvgIpc) is 3.43. The number of aromatic nitrogens is 2. The molecule has 31 heavy (non-hydrogen) atoms. The number of nitrogens with zero attached hydrogens (tertiary/aromatic N) is 2. The van der Waals surface area contributed by atoms with Gasteiger partial charge in [-0.3, -0.25) is 14.7 Å². The molecule has 4 aromatic rings. The summed E-state index contributed by atoms with van der Waals surface area (Å²) >= 11 is 0. The maximum Gasteiger partial charge on any atom is 0.254 e. The maximum atomic E-state index is 12.8. The van der Waals surface area contributed by atoms with Crippen molar-refractivity contribution in [3.8, 4) is 23.0 Å². The summed E-state index contributed by atoms with van der Waals surface area (Å²) in [7, 11) is 0. The number of H-pyrrole nitrogens is 1. The van der Waals surface area contributed by atoms with Crippen LogP contribution in [0.5, 0.6) is 0 Å². The van der Waals surface area contributed by atoms with Crippen molar-refractivity contribution in [2.75, 3.05) is 13.1 Å². The summed E-state index contributed by atoms with van der Waals surface area (Å²) in [4.78, 5) is 25.9. The third-order valence-electron chi connectivity index (χ3n) is 5.45. The molecule has 1 saturated heterocycles. The number of hydrogen-bond acceptors (Lipinski definition) is 3. The van der Waals surface area contributed by atoms with E-state index in [0.29, 0.717) is 24.2 Å². The SMILES string of the molecule is O=C1CCN(C(=O)c2ccc3[nH]nc(C#Cc4ccccc4-c4ccccc4)c3c2)C1. The molecule has 5 nitrogen and oxygen atoms in total. The summed E-state index contributed by atoms with van der Waals surface area (Å²) in [5, 5.41) is 8.12. The Morgan fingerprint density at radius 2 is 1.77 bits per heavy atom. The highest BCUT2D eigenvalue weighted by atomic mass is 16.2. The molecule has 2 heterocycles. The Morgan fingerprint density at radius 1 is 0.968 bits per heavy atom. The van der Waals surface area contributed by atoms with E-state index in [4.69, 9.17) is 0 Å². The standard InChI is InChI=1S/C26H19N3O2/c30-21-14-15-29(17-21)26(31)20-11-13-25-23(16-20)24(27-28-25)12-10-19-8-4-5-9-22(19)18-6-2-1-3-7-18/h1-9,11,13,16H,14-15,17H2,(H,27,28). The largest absolute Gasteiger partial charge is 0.331 e. The summed E-state index contributed by atoms with van der Waals surface area (Å²) in [5.74, 6) is 6.37. The molecule has 1 amide bonds. The van der Waals surface area contributed by atoms with E-state index in [-0.39, 0.29) is 18.2 Å². The minimum Gasteiger partial charge on any atom is -0.331 e. The Bertz CT molecular complexity index is 1360. The molecule has 5 heteroatoms. The van der Waals surface area contributed by atoms with Crippen molar-refractivity contribution >= 4 is 22.6 Å². The molecule has 1 aliphatic rings. The van der Waals surface area contributed by atoms with Gasteiger partial charge in [-0.2, -0.15) is 5.10 Å². The first-order valence-electron chi connectivity index (χ1n) is 10.1. The summed E-state index contributed by atoms with van der Waals surface area (Å²) in [6.07, 6.45) is 0.428. The molecular formula is C26H19N3O2. The van der Waals surface area contributed by atoms with Crippen molar-refractivity contribution < 1.29 is 9.59 Å². The molecule has 0 unspecified atom stereocenters. The van der Waals surface area contributed by atoms with E-state index in [1.807, 2.05) is 42.5 Å². The zero-order chi connectivity index (χ0) is 21.2. The Kier molecular flexibility index (Phi) is 4.81. The zero-order valence-corrected chi connectivity index (χ0v) is 16.8.